The number of hydrogen-bond donors (Lipinski definition) is 1. The molecule has 6 nitrogen and oxygen atoms in total. The molecule has 31 heavy (non-hydrogen) atoms. The van der Waals surface area contributed by atoms with Crippen LogP contribution in [0.2, 0.25) is 0 Å². The van der Waals surface area contributed by atoms with Crippen molar-refractivity contribution in [1.29, 1.82) is 0 Å². The number of aromatic carboxylic acids is 1. The Morgan fingerprint density at radius 1 is 0.935 bits per heavy atom. The van der Waals surface area contributed by atoms with Crippen LogP contribution in [0, 0.1) is 0 Å². The first-order valence-electron chi connectivity index (χ1n) is 9.71. The summed E-state index contributed by atoms with van der Waals surface area (Å²) in [4.78, 5) is 16.7. The summed E-state index contributed by atoms with van der Waals surface area (Å²) in [6.07, 6.45) is 1.91. The van der Waals surface area contributed by atoms with Gasteiger partial charge < -0.3 is 19.1 Å². The minimum absolute atomic E-state index is 0.182. The number of para-hydroxylation sites is 2. The summed E-state index contributed by atoms with van der Waals surface area (Å²) >= 11 is 0. The average Bonchev–Trinajstić information content (AvgIpc) is 3.12. The smallest absolute Gasteiger partial charge is 0.336 e. The molecule has 0 radical (unpaired) electrons. The molecule has 6 heteroatoms. The zero-order valence-electron chi connectivity index (χ0n) is 17.5. The third-order valence-electron chi connectivity index (χ3n) is 5.24. The number of fused-ring (bicyclic) bond motifs is 1. The number of carboxylic acids is 1. The van der Waals surface area contributed by atoms with Crippen LogP contribution >= 0.6 is 0 Å². The minimum atomic E-state index is -1.01. The van der Waals surface area contributed by atoms with E-state index in [4.69, 9.17) is 14.5 Å². The predicted octanol–water partition coefficient (Wildman–Crippen LogP) is 4.88. The van der Waals surface area contributed by atoms with Gasteiger partial charge >= 0.3 is 5.97 Å². The Hall–Kier alpha value is -4.06. The second kappa shape index (κ2) is 8.36. The number of nitrogens with zero attached hydrogens (tertiary/aromatic N) is 2. The second-order valence-electron chi connectivity index (χ2n) is 7.02. The lowest BCUT2D eigenvalue weighted by atomic mass is 9.93. The molecule has 1 aromatic heterocycles. The summed E-state index contributed by atoms with van der Waals surface area (Å²) in [6, 6.07) is 20.3. The number of carboxylic acid groups (broad SMARTS) is 1. The van der Waals surface area contributed by atoms with E-state index >= 15 is 0 Å². The van der Waals surface area contributed by atoms with E-state index in [1.807, 2.05) is 66.2 Å². The SMILES string of the molecule is COc1ccc(C(=Cc2nc3ccccc3n2C)c2cc(OC)ccc2C(=O)O)cc1. The number of methoxy groups -OCH3 is 2. The molecule has 0 aliphatic rings. The van der Waals surface area contributed by atoms with Crippen molar-refractivity contribution in [3.8, 4) is 11.5 Å². The van der Waals surface area contributed by atoms with Crippen molar-refractivity contribution >= 4 is 28.7 Å². The highest BCUT2D eigenvalue weighted by molar-refractivity contribution is 6.01. The lowest BCUT2D eigenvalue weighted by Crippen LogP contribution is -2.04. The lowest BCUT2D eigenvalue weighted by molar-refractivity contribution is 0.0696. The van der Waals surface area contributed by atoms with Crippen molar-refractivity contribution < 1.29 is 19.4 Å². The third-order valence-corrected chi connectivity index (χ3v) is 5.24. The van der Waals surface area contributed by atoms with Gasteiger partial charge in [0.05, 0.1) is 30.8 Å². The van der Waals surface area contributed by atoms with Gasteiger partial charge in [-0.2, -0.15) is 0 Å². The topological polar surface area (TPSA) is 73.6 Å². The zero-order chi connectivity index (χ0) is 22.0. The summed E-state index contributed by atoms with van der Waals surface area (Å²) in [6.45, 7) is 0. The largest absolute Gasteiger partial charge is 0.497 e. The van der Waals surface area contributed by atoms with Crippen molar-refractivity contribution in [2.45, 2.75) is 0 Å². The molecule has 0 amide bonds. The molecule has 0 aliphatic heterocycles. The molecule has 0 atom stereocenters. The van der Waals surface area contributed by atoms with Crippen LogP contribution in [0.1, 0.15) is 27.3 Å². The molecule has 0 spiro atoms. The first-order chi connectivity index (χ1) is 15.0. The number of hydrogen-bond acceptors (Lipinski definition) is 4. The molecule has 0 saturated carbocycles. The third kappa shape index (κ3) is 3.88. The Balaban J connectivity index is 1.99. The van der Waals surface area contributed by atoms with Gasteiger partial charge in [0.25, 0.3) is 0 Å². The molecule has 156 valence electrons. The molecule has 4 rings (SSSR count). The van der Waals surface area contributed by atoms with E-state index < -0.39 is 5.97 Å². The highest BCUT2D eigenvalue weighted by atomic mass is 16.5. The maximum Gasteiger partial charge on any atom is 0.336 e. The van der Waals surface area contributed by atoms with Crippen LogP contribution in [0.25, 0.3) is 22.7 Å². The molecular weight excluding hydrogens is 392 g/mol. The van der Waals surface area contributed by atoms with E-state index in [-0.39, 0.29) is 5.56 Å². The molecule has 0 aliphatic carbocycles. The van der Waals surface area contributed by atoms with Crippen LogP contribution < -0.4 is 9.47 Å². The minimum Gasteiger partial charge on any atom is -0.497 e. The second-order valence-corrected chi connectivity index (χ2v) is 7.02. The van der Waals surface area contributed by atoms with Gasteiger partial charge in [-0.1, -0.05) is 24.3 Å². The molecule has 0 fully saturated rings. The Kier molecular flexibility index (Phi) is 5.45. The van der Waals surface area contributed by atoms with E-state index in [1.165, 1.54) is 0 Å². The van der Waals surface area contributed by atoms with Gasteiger partial charge in [-0.3, -0.25) is 0 Å². The Bertz CT molecular complexity index is 1290. The number of benzene rings is 3. The van der Waals surface area contributed by atoms with Gasteiger partial charge in [-0.15, -0.1) is 0 Å². The van der Waals surface area contributed by atoms with Gasteiger partial charge in [0.2, 0.25) is 0 Å². The van der Waals surface area contributed by atoms with Gasteiger partial charge in [-0.05, 0) is 59.7 Å². The average molecular weight is 414 g/mol. The molecule has 4 aromatic rings. The first kappa shape index (κ1) is 20.2. The number of carbonyl (C=O) groups is 1. The summed E-state index contributed by atoms with van der Waals surface area (Å²) in [5.74, 6) is 0.993. The molecule has 0 bridgehead atoms. The summed E-state index contributed by atoms with van der Waals surface area (Å²) in [7, 11) is 5.11. The van der Waals surface area contributed by atoms with E-state index in [9.17, 15) is 9.90 Å². The monoisotopic (exact) mass is 414 g/mol. The number of aromatic nitrogens is 2. The van der Waals surface area contributed by atoms with E-state index in [0.717, 1.165) is 27.9 Å². The van der Waals surface area contributed by atoms with Gasteiger partial charge in [0.1, 0.15) is 17.3 Å². The van der Waals surface area contributed by atoms with Crippen LogP contribution in [0.5, 0.6) is 11.5 Å². The number of imidazole rings is 1. The zero-order valence-corrected chi connectivity index (χ0v) is 17.5. The van der Waals surface area contributed by atoms with Gasteiger partial charge in [0.15, 0.2) is 0 Å². The van der Waals surface area contributed by atoms with E-state index in [1.54, 1.807) is 32.4 Å². The Morgan fingerprint density at radius 2 is 1.61 bits per heavy atom. The predicted molar refractivity (Wildman–Crippen MR) is 121 cm³/mol. The van der Waals surface area contributed by atoms with Crippen molar-refractivity contribution in [3.63, 3.8) is 0 Å². The van der Waals surface area contributed by atoms with Crippen LogP contribution in [-0.4, -0.2) is 34.8 Å². The molecule has 1 heterocycles. The number of ether oxygens (including phenoxy) is 2. The van der Waals surface area contributed by atoms with Crippen molar-refractivity contribution in [2.75, 3.05) is 14.2 Å². The number of aryl methyl sites for hydroxylation is 1. The molecule has 0 saturated heterocycles. The fourth-order valence-corrected chi connectivity index (χ4v) is 3.57. The fourth-order valence-electron chi connectivity index (χ4n) is 3.57. The highest BCUT2D eigenvalue weighted by Crippen LogP contribution is 2.33. The van der Waals surface area contributed by atoms with Crippen LogP contribution in [-0.2, 0) is 7.05 Å². The van der Waals surface area contributed by atoms with Gasteiger partial charge in [-0.25, -0.2) is 9.78 Å². The number of rotatable bonds is 6. The fraction of sp³-hybridized carbons (Fsp3) is 0.120. The first-order valence-corrected chi connectivity index (χ1v) is 9.71. The van der Waals surface area contributed by atoms with Crippen molar-refractivity contribution in [2.24, 2.45) is 7.05 Å². The summed E-state index contributed by atoms with van der Waals surface area (Å²) in [5.41, 5.74) is 4.15. The molecule has 3 aromatic carbocycles. The maximum atomic E-state index is 12.0. The van der Waals surface area contributed by atoms with Crippen LogP contribution in [0.15, 0.2) is 66.7 Å². The Labute approximate surface area is 180 Å². The standard InChI is InChI=1S/C25H22N2O4/c1-27-23-7-5-4-6-22(23)26-24(27)15-20(16-8-10-17(30-2)11-9-16)21-14-18(31-3)12-13-19(21)25(28)29/h4-15H,1-3H3,(H,28,29). The molecule has 1 N–H and O–H groups in total. The highest BCUT2D eigenvalue weighted by Gasteiger charge is 2.18. The summed E-state index contributed by atoms with van der Waals surface area (Å²) < 4.78 is 12.6. The molecular formula is C25H22N2O4. The van der Waals surface area contributed by atoms with Crippen molar-refractivity contribution in [3.05, 3.63) is 89.2 Å². The Morgan fingerprint density at radius 3 is 2.26 bits per heavy atom. The van der Waals surface area contributed by atoms with E-state index in [2.05, 4.69) is 0 Å². The van der Waals surface area contributed by atoms with Gasteiger partial charge in [0, 0.05) is 12.6 Å². The van der Waals surface area contributed by atoms with Crippen LogP contribution in [0.4, 0.5) is 0 Å². The maximum absolute atomic E-state index is 12.0. The van der Waals surface area contributed by atoms with E-state index in [0.29, 0.717) is 17.1 Å². The molecule has 0 unspecified atom stereocenters. The lowest BCUT2D eigenvalue weighted by Gasteiger charge is -2.14. The quantitative estimate of drug-likeness (QED) is 0.487. The summed E-state index contributed by atoms with van der Waals surface area (Å²) in [5, 5.41) is 9.83. The normalized spacial score (nSPS) is 11.5. The van der Waals surface area contributed by atoms with Crippen LogP contribution in [0.3, 0.4) is 0 Å². The van der Waals surface area contributed by atoms with Crippen molar-refractivity contribution in [1.82, 2.24) is 9.55 Å².